The van der Waals surface area contributed by atoms with E-state index >= 15 is 0 Å². The lowest BCUT2D eigenvalue weighted by molar-refractivity contribution is -0.131. The van der Waals surface area contributed by atoms with Gasteiger partial charge in [0, 0.05) is 0 Å². The summed E-state index contributed by atoms with van der Waals surface area (Å²) in [6, 6.07) is 14.0. The molecule has 28 heavy (non-hydrogen) atoms. The van der Waals surface area contributed by atoms with Gasteiger partial charge < -0.3 is 5.32 Å². The highest BCUT2D eigenvalue weighted by Gasteiger charge is 2.49. The maximum Gasteiger partial charge on any atom is 0.325 e. The van der Waals surface area contributed by atoms with Crippen molar-refractivity contribution in [3.8, 4) is 0 Å². The normalized spacial score (nSPS) is 21.8. The molecule has 1 fully saturated rings. The summed E-state index contributed by atoms with van der Waals surface area (Å²) in [7, 11) is 0. The van der Waals surface area contributed by atoms with Gasteiger partial charge in [-0.1, -0.05) is 63.2 Å². The standard InChI is InChI=1S/C24H28N2O2/c1-23(2,3)19-11-8-16(9-12-19)15-26-21(27)24(4,25-22(26)28)20-13-10-17-6-5-7-18(17)14-20/h8-14H,5-7,15H2,1-4H3,(H,25,28)/t24-/m0/s1. The quantitative estimate of drug-likeness (QED) is 0.805. The summed E-state index contributed by atoms with van der Waals surface area (Å²) in [6.45, 7) is 8.60. The van der Waals surface area contributed by atoms with Crippen molar-refractivity contribution < 1.29 is 9.59 Å². The van der Waals surface area contributed by atoms with E-state index in [1.165, 1.54) is 21.6 Å². The third-order valence-corrected chi connectivity index (χ3v) is 6.11. The Labute approximate surface area is 166 Å². The van der Waals surface area contributed by atoms with E-state index in [0.717, 1.165) is 30.4 Å². The first kappa shape index (κ1) is 18.7. The number of imide groups is 1. The van der Waals surface area contributed by atoms with Crippen LogP contribution in [0.25, 0.3) is 0 Å². The molecule has 1 aliphatic heterocycles. The minimum absolute atomic E-state index is 0.0749. The molecule has 4 rings (SSSR count). The Morgan fingerprint density at radius 1 is 1.00 bits per heavy atom. The molecule has 0 radical (unpaired) electrons. The molecule has 146 valence electrons. The van der Waals surface area contributed by atoms with Crippen LogP contribution >= 0.6 is 0 Å². The molecule has 1 atom stereocenters. The monoisotopic (exact) mass is 376 g/mol. The van der Waals surface area contributed by atoms with Gasteiger partial charge in [-0.2, -0.15) is 0 Å². The molecule has 0 saturated carbocycles. The number of carbonyl (C=O) groups is 2. The molecule has 2 aromatic rings. The number of rotatable bonds is 3. The van der Waals surface area contributed by atoms with Crippen LogP contribution in [-0.4, -0.2) is 16.8 Å². The van der Waals surface area contributed by atoms with Crippen LogP contribution in [0.2, 0.25) is 0 Å². The SMILES string of the molecule is CC(C)(C)c1ccc(CN2C(=O)N[C@@](C)(c3ccc4c(c3)CCC4)C2=O)cc1. The van der Waals surface area contributed by atoms with Gasteiger partial charge in [0.05, 0.1) is 6.54 Å². The molecular formula is C24H28N2O2. The largest absolute Gasteiger partial charge is 0.325 e. The summed E-state index contributed by atoms with van der Waals surface area (Å²) in [5.41, 5.74) is 4.80. The number of nitrogens with zero attached hydrogens (tertiary/aromatic N) is 1. The predicted octanol–water partition coefficient (Wildman–Crippen LogP) is 4.44. The summed E-state index contributed by atoms with van der Waals surface area (Å²) in [4.78, 5) is 27.2. The van der Waals surface area contributed by atoms with Crippen LogP contribution < -0.4 is 5.32 Å². The summed E-state index contributed by atoms with van der Waals surface area (Å²) >= 11 is 0. The predicted molar refractivity (Wildman–Crippen MR) is 110 cm³/mol. The van der Waals surface area contributed by atoms with Gasteiger partial charge in [0.15, 0.2) is 0 Å². The first-order chi connectivity index (χ1) is 13.2. The Hall–Kier alpha value is -2.62. The zero-order chi connectivity index (χ0) is 20.1. The van der Waals surface area contributed by atoms with Crippen molar-refractivity contribution in [3.63, 3.8) is 0 Å². The molecule has 0 aromatic heterocycles. The van der Waals surface area contributed by atoms with Gasteiger partial charge in [0.2, 0.25) is 0 Å². The van der Waals surface area contributed by atoms with Crippen molar-refractivity contribution in [3.05, 3.63) is 70.3 Å². The third-order valence-electron chi connectivity index (χ3n) is 6.11. The average Bonchev–Trinajstić information content (AvgIpc) is 3.20. The van der Waals surface area contributed by atoms with Crippen molar-refractivity contribution >= 4 is 11.9 Å². The number of hydrogen-bond donors (Lipinski definition) is 1. The lowest BCUT2D eigenvalue weighted by atomic mass is 9.86. The lowest BCUT2D eigenvalue weighted by Crippen LogP contribution is -2.40. The molecule has 0 bridgehead atoms. The van der Waals surface area contributed by atoms with Gasteiger partial charge in [0.25, 0.3) is 5.91 Å². The molecule has 3 amide bonds. The van der Waals surface area contributed by atoms with Crippen molar-refractivity contribution in [2.45, 2.75) is 64.5 Å². The molecule has 1 aliphatic carbocycles. The fourth-order valence-corrected chi connectivity index (χ4v) is 4.21. The summed E-state index contributed by atoms with van der Waals surface area (Å²) < 4.78 is 0. The number of fused-ring (bicyclic) bond motifs is 1. The molecule has 2 aliphatic rings. The smallest absolute Gasteiger partial charge is 0.319 e. The van der Waals surface area contributed by atoms with E-state index in [-0.39, 0.29) is 23.9 Å². The molecule has 1 saturated heterocycles. The lowest BCUT2D eigenvalue weighted by Gasteiger charge is -2.23. The Bertz CT molecular complexity index is 940. The summed E-state index contributed by atoms with van der Waals surface area (Å²) in [5, 5.41) is 2.93. The molecular weight excluding hydrogens is 348 g/mol. The molecule has 0 unspecified atom stereocenters. The number of carbonyl (C=O) groups excluding carboxylic acids is 2. The van der Waals surface area contributed by atoms with Crippen molar-refractivity contribution in [1.82, 2.24) is 10.2 Å². The highest BCUT2D eigenvalue weighted by molar-refractivity contribution is 6.07. The highest BCUT2D eigenvalue weighted by Crippen LogP contribution is 2.33. The van der Waals surface area contributed by atoms with Crippen LogP contribution in [0, 0.1) is 0 Å². The Morgan fingerprint density at radius 2 is 1.68 bits per heavy atom. The molecule has 4 heteroatoms. The Balaban J connectivity index is 1.57. The zero-order valence-corrected chi connectivity index (χ0v) is 17.1. The third kappa shape index (κ3) is 3.11. The summed E-state index contributed by atoms with van der Waals surface area (Å²) in [6.07, 6.45) is 3.31. The highest BCUT2D eigenvalue weighted by atomic mass is 16.2. The van der Waals surface area contributed by atoms with Crippen LogP contribution in [0.15, 0.2) is 42.5 Å². The molecule has 4 nitrogen and oxygen atoms in total. The number of benzene rings is 2. The number of urea groups is 1. The maximum atomic E-state index is 13.2. The van der Waals surface area contributed by atoms with Crippen molar-refractivity contribution in [2.75, 3.05) is 0 Å². The first-order valence-electron chi connectivity index (χ1n) is 10.0. The molecule has 1 N–H and O–H groups in total. The molecule has 0 spiro atoms. The number of amides is 3. The van der Waals surface area contributed by atoms with Crippen molar-refractivity contribution in [1.29, 1.82) is 0 Å². The van der Waals surface area contributed by atoms with Gasteiger partial charge in [-0.15, -0.1) is 0 Å². The minimum atomic E-state index is -1.000. The second kappa shape index (κ2) is 6.47. The minimum Gasteiger partial charge on any atom is -0.319 e. The Kier molecular flexibility index (Phi) is 4.33. The number of aryl methyl sites for hydroxylation is 2. The van der Waals surface area contributed by atoms with E-state index < -0.39 is 5.54 Å². The van der Waals surface area contributed by atoms with Gasteiger partial charge in [-0.25, -0.2) is 4.79 Å². The zero-order valence-electron chi connectivity index (χ0n) is 17.1. The fraction of sp³-hybridized carbons (Fsp3) is 0.417. The van der Waals surface area contributed by atoms with Gasteiger partial charge in [-0.3, -0.25) is 9.69 Å². The topological polar surface area (TPSA) is 49.4 Å². The van der Waals surface area contributed by atoms with Gasteiger partial charge in [-0.05, 0) is 59.4 Å². The van der Waals surface area contributed by atoms with Gasteiger partial charge in [0.1, 0.15) is 5.54 Å². The van der Waals surface area contributed by atoms with E-state index in [0.29, 0.717) is 0 Å². The van der Waals surface area contributed by atoms with Crippen LogP contribution in [0.3, 0.4) is 0 Å². The fourth-order valence-electron chi connectivity index (χ4n) is 4.21. The average molecular weight is 377 g/mol. The van der Waals surface area contributed by atoms with E-state index in [1.807, 2.05) is 25.1 Å². The Morgan fingerprint density at radius 3 is 2.36 bits per heavy atom. The van der Waals surface area contributed by atoms with Crippen LogP contribution in [0.4, 0.5) is 4.79 Å². The van der Waals surface area contributed by atoms with Crippen LogP contribution in [0.1, 0.15) is 61.9 Å². The first-order valence-corrected chi connectivity index (χ1v) is 10.0. The number of hydrogen-bond acceptors (Lipinski definition) is 2. The summed E-state index contributed by atoms with van der Waals surface area (Å²) in [5.74, 6) is -0.185. The van der Waals surface area contributed by atoms with E-state index in [1.54, 1.807) is 0 Å². The van der Waals surface area contributed by atoms with E-state index in [4.69, 9.17) is 0 Å². The van der Waals surface area contributed by atoms with E-state index in [9.17, 15) is 9.59 Å². The van der Waals surface area contributed by atoms with E-state index in [2.05, 4.69) is 50.4 Å². The maximum absolute atomic E-state index is 13.2. The van der Waals surface area contributed by atoms with Crippen LogP contribution in [0.5, 0.6) is 0 Å². The van der Waals surface area contributed by atoms with Crippen molar-refractivity contribution in [2.24, 2.45) is 0 Å². The second-order valence-corrected chi connectivity index (χ2v) is 9.23. The van der Waals surface area contributed by atoms with Gasteiger partial charge >= 0.3 is 6.03 Å². The second-order valence-electron chi connectivity index (χ2n) is 9.23. The molecule has 2 aromatic carbocycles. The molecule has 1 heterocycles. The van der Waals surface area contributed by atoms with Crippen LogP contribution in [-0.2, 0) is 35.1 Å². The number of nitrogens with one attached hydrogen (secondary N) is 1.